The molecule has 0 spiro atoms. The fourth-order valence-corrected chi connectivity index (χ4v) is 3.45. The molecular formula is C29H22N4O7. The predicted octanol–water partition coefficient (Wildman–Crippen LogP) is 4.84. The number of carbonyl (C=O) groups is 3. The molecule has 0 aromatic heterocycles. The first kappa shape index (κ1) is 27.2. The van der Waals surface area contributed by atoms with Gasteiger partial charge in [-0.05, 0) is 66.7 Å². The summed E-state index contributed by atoms with van der Waals surface area (Å²) in [6.45, 7) is 0. The van der Waals surface area contributed by atoms with Crippen molar-refractivity contribution in [3.8, 4) is 11.5 Å². The number of benzene rings is 4. The van der Waals surface area contributed by atoms with Crippen LogP contribution < -0.4 is 20.2 Å². The molecular weight excluding hydrogens is 516 g/mol. The summed E-state index contributed by atoms with van der Waals surface area (Å²) in [6, 6.07) is 24.6. The van der Waals surface area contributed by atoms with Crippen molar-refractivity contribution in [1.82, 2.24) is 5.43 Å². The normalized spacial score (nSPS) is 10.5. The molecule has 0 atom stereocenters. The summed E-state index contributed by atoms with van der Waals surface area (Å²) < 4.78 is 10.5. The van der Waals surface area contributed by atoms with Crippen molar-refractivity contribution >= 4 is 35.4 Å². The molecule has 40 heavy (non-hydrogen) atoms. The van der Waals surface area contributed by atoms with E-state index in [1.165, 1.54) is 43.5 Å². The highest BCUT2D eigenvalue weighted by atomic mass is 16.6. The molecule has 4 rings (SSSR count). The summed E-state index contributed by atoms with van der Waals surface area (Å²) >= 11 is 0. The number of methoxy groups -OCH3 is 1. The maximum absolute atomic E-state index is 12.6. The molecule has 0 aliphatic heterocycles. The van der Waals surface area contributed by atoms with E-state index in [2.05, 4.69) is 15.8 Å². The van der Waals surface area contributed by atoms with Crippen molar-refractivity contribution in [2.75, 3.05) is 12.4 Å². The highest BCUT2D eigenvalue weighted by Gasteiger charge is 2.16. The van der Waals surface area contributed by atoms with E-state index >= 15 is 0 Å². The Bertz CT molecular complexity index is 1570. The van der Waals surface area contributed by atoms with Crippen molar-refractivity contribution in [2.45, 2.75) is 0 Å². The molecule has 0 unspecified atom stereocenters. The fraction of sp³-hybridized carbons (Fsp3) is 0.0345. The first-order chi connectivity index (χ1) is 19.3. The fourth-order valence-electron chi connectivity index (χ4n) is 3.45. The van der Waals surface area contributed by atoms with Gasteiger partial charge in [0.1, 0.15) is 11.5 Å². The number of nitrogens with zero attached hydrogens (tertiary/aromatic N) is 2. The molecule has 0 bridgehead atoms. The lowest BCUT2D eigenvalue weighted by Gasteiger charge is -2.08. The molecule has 4 aromatic rings. The van der Waals surface area contributed by atoms with Crippen LogP contribution in [0, 0.1) is 10.1 Å². The lowest BCUT2D eigenvalue weighted by Crippen LogP contribution is -2.18. The van der Waals surface area contributed by atoms with Gasteiger partial charge in [0.15, 0.2) is 0 Å². The molecule has 0 saturated heterocycles. The number of carbonyl (C=O) groups excluding carboxylic acids is 3. The second-order valence-corrected chi connectivity index (χ2v) is 8.19. The average Bonchev–Trinajstić information content (AvgIpc) is 2.98. The summed E-state index contributed by atoms with van der Waals surface area (Å²) in [5.41, 5.74) is 3.63. The lowest BCUT2D eigenvalue weighted by molar-refractivity contribution is -0.384. The zero-order valence-corrected chi connectivity index (χ0v) is 21.1. The third kappa shape index (κ3) is 6.92. The first-order valence-corrected chi connectivity index (χ1v) is 11.8. The van der Waals surface area contributed by atoms with E-state index in [1.807, 2.05) is 6.07 Å². The number of nitro benzene ring substituents is 1. The average molecular weight is 539 g/mol. The quantitative estimate of drug-likeness (QED) is 0.102. The number of hydrogen-bond donors (Lipinski definition) is 2. The van der Waals surface area contributed by atoms with Crippen LogP contribution in [-0.4, -0.2) is 36.0 Å². The van der Waals surface area contributed by atoms with Crippen LogP contribution in [0.5, 0.6) is 11.5 Å². The number of non-ortho nitro benzene ring substituents is 1. The molecule has 0 aliphatic carbocycles. The minimum atomic E-state index is -0.699. The molecule has 11 nitrogen and oxygen atoms in total. The van der Waals surface area contributed by atoms with E-state index in [0.717, 1.165) is 12.3 Å². The predicted molar refractivity (Wildman–Crippen MR) is 147 cm³/mol. The van der Waals surface area contributed by atoms with Crippen molar-refractivity contribution in [3.63, 3.8) is 0 Å². The molecule has 11 heteroatoms. The lowest BCUT2D eigenvalue weighted by atomic mass is 10.1. The third-order valence-electron chi connectivity index (χ3n) is 5.54. The number of esters is 1. The van der Waals surface area contributed by atoms with Crippen LogP contribution in [-0.2, 0) is 0 Å². The van der Waals surface area contributed by atoms with Gasteiger partial charge in [0.2, 0.25) is 0 Å². The van der Waals surface area contributed by atoms with Gasteiger partial charge in [0, 0.05) is 34.5 Å². The Morgan fingerprint density at radius 3 is 2.12 bits per heavy atom. The van der Waals surface area contributed by atoms with E-state index in [9.17, 15) is 24.5 Å². The standard InChI is InChI=1S/C29H22N4O7/c1-39-25-14-9-21(10-15-25)29(36)40-26-16-13-24(33(37)38)17-22(26)18-30-32-28(35)20-7-11-23(12-8-20)31-27(34)19-5-3-2-4-6-19/h2-18H,1H3,(H,31,34)(H,32,35)/b30-18+. The monoisotopic (exact) mass is 538 g/mol. The second-order valence-electron chi connectivity index (χ2n) is 8.19. The van der Waals surface area contributed by atoms with Gasteiger partial charge in [0.05, 0.1) is 23.8 Å². The van der Waals surface area contributed by atoms with E-state index in [-0.39, 0.29) is 34.0 Å². The Labute approximate surface area is 228 Å². The van der Waals surface area contributed by atoms with Gasteiger partial charge in [0.25, 0.3) is 17.5 Å². The Balaban J connectivity index is 1.43. The van der Waals surface area contributed by atoms with Crippen LogP contribution in [0.3, 0.4) is 0 Å². The topological polar surface area (TPSA) is 149 Å². The maximum Gasteiger partial charge on any atom is 0.343 e. The second kappa shape index (κ2) is 12.6. The minimum absolute atomic E-state index is 0.00271. The van der Waals surface area contributed by atoms with Crippen molar-refractivity contribution in [2.24, 2.45) is 5.10 Å². The Hall–Kier alpha value is -5.84. The number of amides is 2. The summed E-state index contributed by atoms with van der Waals surface area (Å²) in [7, 11) is 1.50. The van der Waals surface area contributed by atoms with Gasteiger partial charge in [-0.15, -0.1) is 0 Å². The van der Waals surface area contributed by atoms with Gasteiger partial charge in [-0.3, -0.25) is 19.7 Å². The van der Waals surface area contributed by atoms with Crippen LogP contribution in [0.1, 0.15) is 36.6 Å². The number of ether oxygens (including phenoxy) is 2. The van der Waals surface area contributed by atoms with E-state index in [0.29, 0.717) is 17.0 Å². The zero-order chi connectivity index (χ0) is 28.5. The molecule has 0 aliphatic rings. The van der Waals surface area contributed by atoms with E-state index in [1.54, 1.807) is 48.5 Å². The molecule has 0 heterocycles. The van der Waals surface area contributed by atoms with E-state index < -0.39 is 16.8 Å². The molecule has 0 saturated carbocycles. The molecule has 4 aromatic carbocycles. The Morgan fingerprint density at radius 2 is 1.48 bits per heavy atom. The summed E-state index contributed by atoms with van der Waals surface area (Å²) in [6.07, 6.45) is 1.13. The molecule has 2 N–H and O–H groups in total. The smallest absolute Gasteiger partial charge is 0.343 e. The van der Waals surface area contributed by atoms with Crippen LogP contribution in [0.25, 0.3) is 0 Å². The number of rotatable bonds is 9. The van der Waals surface area contributed by atoms with Crippen molar-refractivity contribution in [3.05, 3.63) is 129 Å². The highest BCUT2D eigenvalue weighted by Crippen LogP contribution is 2.24. The number of nitro groups is 1. The molecule has 200 valence electrons. The minimum Gasteiger partial charge on any atom is -0.497 e. The largest absolute Gasteiger partial charge is 0.497 e. The SMILES string of the molecule is COc1ccc(C(=O)Oc2ccc([N+](=O)[O-])cc2/C=N/NC(=O)c2ccc(NC(=O)c3ccccc3)cc2)cc1. The van der Waals surface area contributed by atoms with Crippen LogP contribution in [0.2, 0.25) is 0 Å². The van der Waals surface area contributed by atoms with Gasteiger partial charge in [-0.2, -0.15) is 5.10 Å². The summed E-state index contributed by atoms with van der Waals surface area (Å²) in [4.78, 5) is 48.1. The summed E-state index contributed by atoms with van der Waals surface area (Å²) in [5.74, 6) is -0.998. The Kier molecular flexibility index (Phi) is 8.57. The highest BCUT2D eigenvalue weighted by molar-refractivity contribution is 6.04. The van der Waals surface area contributed by atoms with Crippen LogP contribution in [0.15, 0.2) is 102 Å². The number of nitrogens with one attached hydrogen (secondary N) is 2. The molecule has 0 fully saturated rings. The molecule has 0 radical (unpaired) electrons. The van der Waals surface area contributed by atoms with Crippen LogP contribution in [0.4, 0.5) is 11.4 Å². The maximum atomic E-state index is 12.6. The summed E-state index contributed by atoms with van der Waals surface area (Å²) in [5, 5.41) is 17.9. The van der Waals surface area contributed by atoms with E-state index in [4.69, 9.17) is 9.47 Å². The Morgan fingerprint density at radius 1 is 0.825 bits per heavy atom. The number of hydrazone groups is 1. The van der Waals surface area contributed by atoms with Crippen molar-refractivity contribution in [1.29, 1.82) is 0 Å². The van der Waals surface area contributed by atoms with Gasteiger partial charge in [-0.25, -0.2) is 10.2 Å². The van der Waals surface area contributed by atoms with Crippen molar-refractivity contribution < 1.29 is 28.8 Å². The third-order valence-corrected chi connectivity index (χ3v) is 5.54. The number of anilines is 1. The molecule has 2 amide bonds. The van der Waals surface area contributed by atoms with Gasteiger partial charge < -0.3 is 14.8 Å². The van der Waals surface area contributed by atoms with Gasteiger partial charge in [-0.1, -0.05) is 18.2 Å². The number of hydrogen-bond acceptors (Lipinski definition) is 8. The first-order valence-electron chi connectivity index (χ1n) is 11.8. The van der Waals surface area contributed by atoms with Crippen LogP contribution >= 0.6 is 0 Å². The van der Waals surface area contributed by atoms with Gasteiger partial charge >= 0.3 is 5.97 Å². The zero-order valence-electron chi connectivity index (χ0n) is 21.1.